The second-order valence-corrected chi connectivity index (χ2v) is 4.88. The van der Waals surface area contributed by atoms with E-state index in [4.69, 9.17) is 5.73 Å². The Morgan fingerprint density at radius 2 is 2.06 bits per heavy atom. The number of benzene rings is 1. The molecule has 2 N–H and O–H groups in total. The first kappa shape index (κ1) is 11.0. The fourth-order valence-electron chi connectivity index (χ4n) is 2.58. The number of pyridine rings is 1. The Hall–Kier alpha value is -2.09. The first-order valence-electron chi connectivity index (χ1n) is 6.25. The van der Waals surface area contributed by atoms with Gasteiger partial charge in [0.15, 0.2) is 0 Å². The molecule has 1 unspecified atom stereocenters. The molecule has 3 rings (SSSR count). The number of nitrogens with two attached hydrogens (primary N) is 1. The predicted molar refractivity (Wildman–Crippen MR) is 76.0 cm³/mol. The van der Waals surface area contributed by atoms with Crippen LogP contribution < -0.4 is 5.73 Å². The maximum absolute atomic E-state index is 5.83. The van der Waals surface area contributed by atoms with Crippen LogP contribution in [0.4, 0.5) is 5.69 Å². The van der Waals surface area contributed by atoms with Gasteiger partial charge in [0.25, 0.3) is 0 Å². The van der Waals surface area contributed by atoms with E-state index in [1.54, 1.807) is 6.20 Å². The van der Waals surface area contributed by atoms with Crippen molar-refractivity contribution in [2.45, 2.75) is 19.3 Å². The van der Waals surface area contributed by atoms with Crippen molar-refractivity contribution in [3.05, 3.63) is 59.4 Å². The van der Waals surface area contributed by atoms with Gasteiger partial charge in [0.1, 0.15) is 0 Å². The maximum Gasteiger partial charge on any atom is 0.0682 e. The van der Waals surface area contributed by atoms with E-state index in [9.17, 15) is 0 Å². The molecule has 0 amide bonds. The van der Waals surface area contributed by atoms with Gasteiger partial charge in [0, 0.05) is 11.9 Å². The van der Waals surface area contributed by atoms with Crippen LogP contribution in [0.2, 0.25) is 0 Å². The normalized spacial score (nSPS) is 18.1. The van der Waals surface area contributed by atoms with Crippen LogP contribution in [-0.2, 0) is 0 Å². The molecular weight excluding hydrogens is 220 g/mol. The highest BCUT2D eigenvalue weighted by atomic mass is 14.7. The van der Waals surface area contributed by atoms with E-state index in [2.05, 4.69) is 42.2 Å². The van der Waals surface area contributed by atoms with Crippen molar-refractivity contribution in [1.82, 2.24) is 4.98 Å². The molecule has 90 valence electrons. The first-order valence-corrected chi connectivity index (χ1v) is 6.25. The Morgan fingerprint density at radius 1 is 1.22 bits per heavy atom. The summed E-state index contributed by atoms with van der Waals surface area (Å²) in [4.78, 5) is 4.42. The average molecular weight is 236 g/mol. The predicted octanol–water partition coefficient (Wildman–Crippen LogP) is 3.71. The molecule has 0 saturated heterocycles. The Labute approximate surface area is 107 Å². The van der Waals surface area contributed by atoms with Gasteiger partial charge in [-0.3, -0.25) is 4.98 Å². The number of rotatable bonds is 1. The highest BCUT2D eigenvalue weighted by molar-refractivity contribution is 5.84. The molecule has 2 aromatic rings. The number of hydrogen-bond donors (Lipinski definition) is 1. The number of nitrogens with zero attached hydrogens (tertiary/aromatic N) is 1. The van der Waals surface area contributed by atoms with Crippen molar-refractivity contribution in [2.75, 3.05) is 5.73 Å². The van der Waals surface area contributed by atoms with E-state index >= 15 is 0 Å². The summed E-state index contributed by atoms with van der Waals surface area (Å²) >= 11 is 0. The molecular formula is C16H16N2. The van der Waals surface area contributed by atoms with Crippen molar-refractivity contribution in [1.29, 1.82) is 0 Å². The molecule has 0 spiro atoms. The molecule has 18 heavy (non-hydrogen) atoms. The lowest BCUT2D eigenvalue weighted by Crippen LogP contribution is -2.05. The molecule has 2 nitrogen and oxygen atoms in total. The summed E-state index contributed by atoms with van der Waals surface area (Å²) in [5.74, 6) is 0.532. The van der Waals surface area contributed by atoms with E-state index in [-0.39, 0.29) is 0 Å². The minimum atomic E-state index is 0.532. The van der Waals surface area contributed by atoms with Crippen LogP contribution in [0, 0.1) is 0 Å². The van der Waals surface area contributed by atoms with Gasteiger partial charge >= 0.3 is 0 Å². The first-order chi connectivity index (χ1) is 8.74. The fraction of sp³-hybridized carbons (Fsp3) is 0.188. The minimum Gasteiger partial charge on any atom is -0.399 e. The number of hydrogen-bond acceptors (Lipinski definition) is 2. The Balaban J connectivity index is 2.08. The van der Waals surface area contributed by atoms with E-state index in [1.165, 1.54) is 16.7 Å². The summed E-state index contributed by atoms with van der Waals surface area (Å²) in [6.07, 6.45) is 5.03. The third-order valence-corrected chi connectivity index (χ3v) is 3.50. The highest BCUT2D eigenvalue weighted by Crippen LogP contribution is 2.37. The average Bonchev–Trinajstić information content (AvgIpc) is 2.39. The zero-order valence-electron chi connectivity index (χ0n) is 10.4. The van der Waals surface area contributed by atoms with E-state index in [0.29, 0.717) is 5.92 Å². The molecule has 0 fully saturated rings. The monoisotopic (exact) mass is 236 g/mol. The van der Waals surface area contributed by atoms with Crippen LogP contribution >= 0.6 is 0 Å². The van der Waals surface area contributed by atoms with E-state index < -0.39 is 0 Å². The number of fused-ring (bicyclic) bond motifs is 1. The van der Waals surface area contributed by atoms with Gasteiger partial charge in [0.05, 0.1) is 5.69 Å². The summed E-state index contributed by atoms with van der Waals surface area (Å²) in [5, 5.41) is 0. The number of allylic oxidation sites excluding steroid dienone is 1. The maximum atomic E-state index is 5.83. The fourth-order valence-corrected chi connectivity index (χ4v) is 2.58. The molecule has 0 saturated carbocycles. The van der Waals surface area contributed by atoms with Crippen LogP contribution in [0.15, 0.2) is 42.6 Å². The van der Waals surface area contributed by atoms with E-state index in [0.717, 1.165) is 17.8 Å². The molecule has 2 heteroatoms. The van der Waals surface area contributed by atoms with Crippen molar-refractivity contribution in [3.63, 3.8) is 0 Å². The molecule has 0 radical (unpaired) electrons. The number of anilines is 1. The van der Waals surface area contributed by atoms with Gasteiger partial charge in [-0.15, -0.1) is 0 Å². The van der Waals surface area contributed by atoms with Gasteiger partial charge in [-0.2, -0.15) is 0 Å². The molecule has 1 aromatic carbocycles. The Kier molecular flexibility index (Phi) is 2.63. The lowest BCUT2D eigenvalue weighted by Gasteiger charge is -2.22. The zero-order chi connectivity index (χ0) is 12.5. The van der Waals surface area contributed by atoms with Crippen LogP contribution in [0.3, 0.4) is 0 Å². The molecule has 1 heterocycles. The van der Waals surface area contributed by atoms with Crippen LogP contribution in [0.25, 0.3) is 11.6 Å². The van der Waals surface area contributed by atoms with Crippen molar-refractivity contribution in [2.24, 2.45) is 0 Å². The Bertz CT molecular complexity index is 614. The summed E-state index contributed by atoms with van der Waals surface area (Å²) in [5.41, 5.74) is 11.6. The van der Waals surface area contributed by atoms with E-state index in [1.807, 2.05) is 12.1 Å². The lowest BCUT2D eigenvalue weighted by atomic mass is 9.83. The van der Waals surface area contributed by atoms with Crippen LogP contribution in [0.1, 0.15) is 36.1 Å². The number of nitrogen functional groups attached to an aromatic ring is 1. The summed E-state index contributed by atoms with van der Waals surface area (Å²) in [6, 6.07) is 12.3. The molecule has 1 aliphatic carbocycles. The molecule has 0 aliphatic heterocycles. The standard InChI is InChI=1S/C16H16N2/c1-11-8-13(16-10-14(17)6-7-18-16)9-12-4-2-3-5-15(11)12/h2-7,9-11H,8H2,1H3,(H2,17,18). The summed E-state index contributed by atoms with van der Waals surface area (Å²) in [7, 11) is 0. The van der Waals surface area contributed by atoms with Crippen LogP contribution in [0.5, 0.6) is 0 Å². The second-order valence-electron chi connectivity index (χ2n) is 4.88. The zero-order valence-corrected chi connectivity index (χ0v) is 10.4. The third-order valence-electron chi connectivity index (χ3n) is 3.50. The summed E-state index contributed by atoms with van der Waals surface area (Å²) in [6.45, 7) is 2.26. The van der Waals surface area contributed by atoms with Crippen molar-refractivity contribution in [3.8, 4) is 0 Å². The van der Waals surface area contributed by atoms with Gasteiger partial charge in [-0.05, 0) is 47.2 Å². The lowest BCUT2D eigenvalue weighted by molar-refractivity contribution is 0.781. The van der Waals surface area contributed by atoms with Gasteiger partial charge in [0.2, 0.25) is 0 Å². The minimum absolute atomic E-state index is 0.532. The smallest absolute Gasteiger partial charge is 0.0682 e. The van der Waals surface area contributed by atoms with Crippen LogP contribution in [-0.4, -0.2) is 4.98 Å². The largest absolute Gasteiger partial charge is 0.399 e. The second kappa shape index (κ2) is 4.30. The Morgan fingerprint density at radius 3 is 2.89 bits per heavy atom. The molecule has 1 aromatic heterocycles. The third kappa shape index (κ3) is 1.90. The number of aromatic nitrogens is 1. The van der Waals surface area contributed by atoms with Gasteiger partial charge in [-0.1, -0.05) is 31.2 Å². The SMILES string of the molecule is CC1CC(c2cc(N)ccn2)=Cc2ccccc21. The van der Waals surface area contributed by atoms with Crippen molar-refractivity contribution >= 4 is 17.3 Å². The highest BCUT2D eigenvalue weighted by Gasteiger charge is 2.18. The summed E-state index contributed by atoms with van der Waals surface area (Å²) < 4.78 is 0. The van der Waals surface area contributed by atoms with Crippen molar-refractivity contribution < 1.29 is 0 Å². The topological polar surface area (TPSA) is 38.9 Å². The molecule has 1 aliphatic rings. The van der Waals surface area contributed by atoms with Gasteiger partial charge < -0.3 is 5.73 Å². The van der Waals surface area contributed by atoms with Gasteiger partial charge in [-0.25, -0.2) is 0 Å². The quantitative estimate of drug-likeness (QED) is 0.819. The molecule has 0 bridgehead atoms. The molecule has 1 atom stereocenters.